The molecule has 2 aromatic carbocycles. The maximum atomic E-state index is 6.32. The van der Waals surface area contributed by atoms with Gasteiger partial charge in [0.2, 0.25) is 0 Å². The first-order valence-electron chi connectivity index (χ1n) is 8.51. The van der Waals surface area contributed by atoms with Gasteiger partial charge in [0.25, 0.3) is 0 Å². The molecule has 4 rings (SSSR count). The molecule has 120 valence electrons. The fourth-order valence-corrected chi connectivity index (χ4v) is 3.65. The first-order valence-corrected chi connectivity index (χ1v) is 8.51. The minimum absolute atomic E-state index is 0.00719. The molecule has 0 saturated carbocycles. The lowest BCUT2D eigenvalue weighted by Crippen LogP contribution is -2.34. The highest BCUT2D eigenvalue weighted by molar-refractivity contribution is 5.38. The standard InChI is InChI=1S/C20H23NO2/c21-18-9-8-15-4-1-2-6-17(15)20(18)23-13-14-7-10-19-16(12-14)5-3-11-22-19/h1-2,4,6-7,10,12,18,20H,3,5,8-9,11,13,21H2. The zero-order valence-corrected chi connectivity index (χ0v) is 13.3. The Labute approximate surface area is 137 Å². The number of hydrogen-bond acceptors (Lipinski definition) is 3. The number of aryl methyl sites for hydroxylation is 2. The number of nitrogens with two attached hydrogens (primary N) is 1. The lowest BCUT2D eigenvalue weighted by atomic mass is 9.86. The molecule has 1 aliphatic carbocycles. The molecule has 2 aliphatic rings. The Morgan fingerprint density at radius 1 is 1.09 bits per heavy atom. The van der Waals surface area contributed by atoms with Crippen LogP contribution in [0.2, 0.25) is 0 Å². The highest BCUT2D eigenvalue weighted by atomic mass is 16.5. The topological polar surface area (TPSA) is 44.5 Å². The van der Waals surface area contributed by atoms with Crippen LogP contribution in [0.4, 0.5) is 0 Å². The molecule has 0 aromatic heterocycles. The highest BCUT2D eigenvalue weighted by Crippen LogP contribution is 2.33. The maximum Gasteiger partial charge on any atom is 0.122 e. The Balaban J connectivity index is 1.50. The van der Waals surface area contributed by atoms with Gasteiger partial charge in [0.15, 0.2) is 0 Å². The van der Waals surface area contributed by atoms with Crippen molar-refractivity contribution in [3.05, 3.63) is 64.7 Å². The van der Waals surface area contributed by atoms with E-state index in [9.17, 15) is 0 Å². The number of rotatable bonds is 3. The molecule has 0 amide bonds. The lowest BCUT2D eigenvalue weighted by Gasteiger charge is -2.31. The number of benzene rings is 2. The van der Waals surface area contributed by atoms with Gasteiger partial charge in [-0.25, -0.2) is 0 Å². The summed E-state index contributed by atoms with van der Waals surface area (Å²) in [7, 11) is 0. The predicted molar refractivity (Wildman–Crippen MR) is 90.5 cm³/mol. The quantitative estimate of drug-likeness (QED) is 0.943. The Morgan fingerprint density at radius 3 is 2.96 bits per heavy atom. The molecular formula is C20H23NO2. The average Bonchev–Trinajstić information content (AvgIpc) is 2.61. The second kappa shape index (κ2) is 6.34. The van der Waals surface area contributed by atoms with Crippen molar-refractivity contribution in [1.29, 1.82) is 0 Å². The largest absolute Gasteiger partial charge is 0.493 e. The Morgan fingerprint density at radius 2 is 2.00 bits per heavy atom. The Bertz CT molecular complexity index is 698. The normalized spacial score (nSPS) is 22.8. The maximum absolute atomic E-state index is 6.32. The van der Waals surface area contributed by atoms with E-state index in [0.29, 0.717) is 6.61 Å². The molecule has 0 radical (unpaired) electrons. The summed E-state index contributed by atoms with van der Waals surface area (Å²) < 4.78 is 11.9. The summed E-state index contributed by atoms with van der Waals surface area (Å²) in [6, 6.07) is 15.0. The van der Waals surface area contributed by atoms with Crippen molar-refractivity contribution in [3.8, 4) is 5.75 Å². The van der Waals surface area contributed by atoms with Gasteiger partial charge in [0.1, 0.15) is 5.75 Å². The van der Waals surface area contributed by atoms with E-state index in [1.54, 1.807) is 0 Å². The van der Waals surface area contributed by atoms with Gasteiger partial charge < -0.3 is 15.2 Å². The molecule has 23 heavy (non-hydrogen) atoms. The van der Waals surface area contributed by atoms with E-state index in [4.69, 9.17) is 15.2 Å². The van der Waals surface area contributed by atoms with Crippen molar-refractivity contribution in [3.63, 3.8) is 0 Å². The van der Waals surface area contributed by atoms with Crippen LogP contribution in [0.15, 0.2) is 42.5 Å². The minimum Gasteiger partial charge on any atom is -0.493 e. The average molecular weight is 309 g/mol. The SMILES string of the molecule is NC1CCc2ccccc2C1OCc1ccc2c(c1)CCCO2. The van der Waals surface area contributed by atoms with Crippen molar-refractivity contribution in [1.82, 2.24) is 0 Å². The molecular weight excluding hydrogens is 286 g/mol. The summed E-state index contributed by atoms with van der Waals surface area (Å²) in [4.78, 5) is 0. The van der Waals surface area contributed by atoms with Crippen LogP contribution in [0.3, 0.4) is 0 Å². The second-order valence-corrected chi connectivity index (χ2v) is 6.53. The van der Waals surface area contributed by atoms with Crippen LogP contribution >= 0.6 is 0 Å². The summed E-state index contributed by atoms with van der Waals surface area (Å²) in [6.45, 7) is 1.43. The van der Waals surface area contributed by atoms with E-state index >= 15 is 0 Å². The van der Waals surface area contributed by atoms with E-state index in [2.05, 4.69) is 42.5 Å². The van der Waals surface area contributed by atoms with Crippen LogP contribution in [0.5, 0.6) is 5.75 Å². The number of fused-ring (bicyclic) bond motifs is 2. The van der Waals surface area contributed by atoms with Crippen LogP contribution < -0.4 is 10.5 Å². The van der Waals surface area contributed by atoms with Crippen molar-refractivity contribution in [2.45, 2.75) is 44.4 Å². The monoisotopic (exact) mass is 309 g/mol. The minimum atomic E-state index is -0.00719. The van der Waals surface area contributed by atoms with E-state index in [-0.39, 0.29) is 12.1 Å². The summed E-state index contributed by atoms with van der Waals surface area (Å²) in [5.74, 6) is 1.03. The van der Waals surface area contributed by atoms with Gasteiger partial charge in [-0.1, -0.05) is 30.3 Å². The van der Waals surface area contributed by atoms with Crippen molar-refractivity contribution in [2.75, 3.05) is 6.61 Å². The number of hydrogen-bond donors (Lipinski definition) is 1. The van der Waals surface area contributed by atoms with Crippen LogP contribution in [0, 0.1) is 0 Å². The Kier molecular flexibility index (Phi) is 4.06. The summed E-state index contributed by atoms with van der Waals surface area (Å²) in [5.41, 5.74) is 11.4. The summed E-state index contributed by atoms with van der Waals surface area (Å²) in [5, 5.41) is 0. The fraction of sp³-hybridized carbons (Fsp3) is 0.400. The van der Waals surface area contributed by atoms with Crippen LogP contribution in [-0.4, -0.2) is 12.6 Å². The molecule has 3 nitrogen and oxygen atoms in total. The molecule has 2 atom stereocenters. The fourth-order valence-electron chi connectivity index (χ4n) is 3.65. The molecule has 3 heteroatoms. The zero-order valence-electron chi connectivity index (χ0n) is 13.3. The van der Waals surface area contributed by atoms with Gasteiger partial charge in [-0.05, 0) is 60.1 Å². The van der Waals surface area contributed by atoms with Crippen LogP contribution in [-0.2, 0) is 24.2 Å². The van der Waals surface area contributed by atoms with E-state index in [0.717, 1.165) is 38.0 Å². The van der Waals surface area contributed by atoms with Crippen molar-refractivity contribution >= 4 is 0 Å². The molecule has 0 fully saturated rings. The molecule has 2 N–H and O–H groups in total. The lowest BCUT2D eigenvalue weighted by molar-refractivity contribution is 0.0155. The van der Waals surface area contributed by atoms with E-state index in [1.807, 2.05) is 0 Å². The third-order valence-electron chi connectivity index (χ3n) is 4.90. The van der Waals surface area contributed by atoms with Crippen LogP contribution in [0.1, 0.15) is 41.2 Å². The first kappa shape index (κ1) is 14.7. The van der Waals surface area contributed by atoms with Gasteiger partial charge in [-0.2, -0.15) is 0 Å². The number of ether oxygens (including phenoxy) is 2. The predicted octanol–water partition coefficient (Wildman–Crippen LogP) is 3.54. The molecule has 1 aliphatic heterocycles. The van der Waals surface area contributed by atoms with Gasteiger partial charge in [-0.15, -0.1) is 0 Å². The van der Waals surface area contributed by atoms with Crippen molar-refractivity contribution in [2.24, 2.45) is 5.73 Å². The zero-order chi connectivity index (χ0) is 15.6. The molecule has 0 spiro atoms. The van der Waals surface area contributed by atoms with Crippen LogP contribution in [0.25, 0.3) is 0 Å². The highest BCUT2D eigenvalue weighted by Gasteiger charge is 2.27. The third kappa shape index (κ3) is 2.99. The van der Waals surface area contributed by atoms with Gasteiger partial charge >= 0.3 is 0 Å². The molecule has 2 unspecified atom stereocenters. The van der Waals surface area contributed by atoms with Gasteiger partial charge in [0, 0.05) is 6.04 Å². The van der Waals surface area contributed by atoms with Crippen molar-refractivity contribution < 1.29 is 9.47 Å². The molecule has 1 heterocycles. The molecule has 2 aromatic rings. The molecule has 0 bridgehead atoms. The van der Waals surface area contributed by atoms with E-state index in [1.165, 1.54) is 22.3 Å². The second-order valence-electron chi connectivity index (χ2n) is 6.53. The van der Waals surface area contributed by atoms with Gasteiger partial charge in [-0.3, -0.25) is 0 Å². The molecule has 0 saturated heterocycles. The smallest absolute Gasteiger partial charge is 0.122 e. The summed E-state index contributed by atoms with van der Waals surface area (Å²) >= 11 is 0. The first-order chi connectivity index (χ1) is 11.3. The summed E-state index contributed by atoms with van der Waals surface area (Å²) in [6.07, 6.45) is 4.22. The third-order valence-corrected chi connectivity index (χ3v) is 4.90. The van der Waals surface area contributed by atoms with E-state index < -0.39 is 0 Å². The van der Waals surface area contributed by atoms with Gasteiger partial charge in [0.05, 0.1) is 19.3 Å². The Hall–Kier alpha value is -1.84.